The number of nitrogens with one attached hydrogen (secondary N) is 1. The summed E-state index contributed by atoms with van der Waals surface area (Å²) in [5, 5.41) is 3.58. The largest absolute Gasteiger partial charge is 0.492 e. The maximum Gasteiger partial charge on any atom is 0.162 e. The van der Waals surface area contributed by atoms with Crippen molar-refractivity contribution in [2.75, 3.05) is 44.8 Å². The molecule has 0 spiro atoms. The van der Waals surface area contributed by atoms with Crippen LogP contribution < -0.4 is 10.1 Å². The van der Waals surface area contributed by atoms with Gasteiger partial charge < -0.3 is 14.8 Å². The van der Waals surface area contributed by atoms with E-state index in [9.17, 15) is 4.79 Å². The van der Waals surface area contributed by atoms with E-state index in [0.29, 0.717) is 19.6 Å². The lowest BCUT2D eigenvalue weighted by Crippen LogP contribution is -2.40. The molecule has 1 saturated heterocycles. The van der Waals surface area contributed by atoms with Gasteiger partial charge in [-0.3, -0.25) is 9.69 Å². The molecular formula is C25H30N2O3. The Kier molecular flexibility index (Phi) is 6.82. The van der Waals surface area contributed by atoms with E-state index in [2.05, 4.69) is 22.3 Å². The Bertz CT molecular complexity index is 888. The minimum atomic E-state index is 0.189. The van der Waals surface area contributed by atoms with E-state index in [1.54, 1.807) is 0 Å². The van der Waals surface area contributed by atoms with Crippen LogP contribution in [0.5, 0.6) is 5.75 Å². The Morgan fingerprint density at radius 3 is 2.53 bits per heavy atom. The Morgan fingerprint density at radius 1 is 1.03 bits per heavy atom. The molecule has 2 aliphatic rings. The summed E-state index contributed by atoms with van der Waals surface area (Å²) in [6.07, 6.45) is 1.37. The van der Waals surface area contributed by atoms with Gasteiger partial charge in [-0.25, -0.2) is 0 Å². The molecule has 0 bridgehead atoms. The van der Waals surface area contributed by atoms with Gasteiger partial charge in [0.05, 0.1) is 25.5 Å². The minimum Gasteiger partial charge on any atom is -0.492 e. The van der Waals surface area contributed by atoms with Gasteiger partial charge in [0.15, 0.2) is 5.78 Å². The number of ether oxygens (including phenoxy) is 2. The van der Waals surface area contributed by atoms with E-state index in [4.69, 9.17) is 9.47 Å². The lowest BCUT2D eigenvalue weighted by molar-refractivity contribution is -0.116. The molecule has 1 heterocycles. The van der Waals surface area contributed by atoms with E-state index in [1.165, 1.54) is 5.56 Å². The summed E-state index contributed by atoms with van der Waals surface area (Å²) in [6, 6.07) is 18.3. The second-order valence-corrected chi connectivity index (χ2v) is 7.84. The molecule has 2 aromatic rings. The average molecular weight is 407 g/mol. The first kappa shape index (κ1) is 20.6. The SMILES string of the molecule is CCOc1ccccc1NC1=C(CN2CCOCC2)C(=O)CC(c2ccccc2)C1. The number of carbonyl (C=O) groups is 1. The lowest BCUT2D eigenvalue weighted by atomic mass is 9.81. The van der Waals surface area contributed by atoms with Crippen molar-refractivity contribution >= 4 is 11.5 Å². The van der Waals surface area contributed by atoms with Crippen LogP contribution in [0.25, 0.3) is 0 Å². The molecule has 0 aromatic heterocycles. The first-order chi connectivity index (χ1) is 14.7. The number of benzene rings is 2. The second-order valence-electron chi connectivity index (χ2n) is 7.84. The highest BCUT2D eigenvalue weighted by atomic mass is 16.5. The maximum atomic E-state index is 13.3. The zero-order valence-electron chi connectivity index (χ0n) is 17.6. The average Bonchev–Trinajstić information content (AvgIpc) is 2.79. The monoisotopic (exact) mass is 406 g/mol. The molecule has 1 unspecified atom stereocenters. The van der Waals surface area contributed by atoms with Crippen LogP contribution in [0.2, 0.25) is 0 Å². The number of rotatable bonds is 7. The molecule has 5 heteroatoms. The van der Waals surface area contributed by atoms with Gasteiger partial charge in [0.1, 0.15) is 5.75 Å². The Hall–Kier alpha value is -2.63. The number of allylic oxidation sites excluding steroid dienone is 1. The number of para-hydroxylation sites is 2. The molecule has 30 heavy (non-hydrogen) atoms. The highest BCUT2D eigenvalue weighted by Crippen LogP contribution is 2.37. The van der Waals surface area contributed by atoms with Crippen LogP contribution in [-0.2, 0) is 9.53 Å². The van der Waals surface area contributed by atoms with Crippen molar-refractivity contribution < 1.29 is 14.3 Å². The Balaban J connectivity index is 1.65. The molecule has 1 atom stereocenters. The van der Waals surface area contributed by atoms with E-state index < -0.39 is 0 Å². The van der Waals surface area contributed by atoms with Crippen molar-refractivity contribution in [2.45, 2.75) is 25.7 Å². The maximum absolute atomic E-state index is 13.3. The fourth-order valence-corrected chi connectivity index (χ4v) is 4.22. The number of hydrogen-bond donors (Lipinski definition) is 1. The predicted octanol–water partition coefficient (Wildman–Crippen LogP) is 4.23. The van der Waals surface area contributed by atoms with Crippen molar-refractivity contribution in [3.05, 3.63) is 71.4 Å². The molecule has 1 aliphatic heterocycles. The Labute approximate surface area is 178 Å². The summed E-state index contributed by atoms with van der Waals surface area (Å²) in [5.74, 6) is 1.24. The van der Waals surface area contributed by atoms with Crippen LogP contribution >= 0.6 is 0 Å². The van der Waals surface area contributed by atoms with E-state index in [1.807, 2.05) is 49.4 Å². The number of anilines is 1. The van der Waals surface area contributed by atoms with E-state index in [0.717, 1.165) is 55.4 Å². The summed E-state index contributed by atoms with van der Waals surface area (Å²) in [4.78, 5) is 15.6. The number of Topliss-reactive ketones (excluding diaryl/α,β-unsaturated/α-hetero) is 1. The summed E-state index contributed by atoms with van der Waals surface area (Å²) < 4.78 is 11.3. The van der Waals surface area contributed by atoms with Gasteiger partial charge in [0.25, 0.3) is 0 Å². The van der Waals surface area contributed by atoms with Crippen LogP contribution in [0.3, 0.4) is 0 Å². The molecule has 1 N–H and O–H groups in total. The third-order valence-electron chi connectivity index (χ3n) is 5.81. The molecule has 1 aliphatic carbocycles. The molecule has 2 aromatic carbocycles. The smallest absolute Gasteiger partial charge is 0.162 e. The fourth-order valence-electron chi connectivity index (χ4n) is 4.22. The fraction of sp³-hybridized carbons (Fsp3) is 0.400. The number of hydrogen-bond acceptors (Lipinski definition) is 5. The quantitative estimate of drug-likeness (QED) is 0.746. The lowest BCUT2D eigenvalue weighted by Gasteiger charge is -2.32. The van der Waals surface area contributed by atoms with E-state index in [-0.39, 0.29) is 11.7 Å². The second kappa shape index (κ2) is 9.92. The third kappa shape index (κ3) is 4.91. The first-order valence-electron chi connectivity index (χ1n) is 10.8. The third-order valence-corrected chi connectivity index (χ3v) is 5.81. The number of morpholine rings is 1. The van der Waals surface area contributed by atoms with Crippen LogP contribution in [-0.4, -0.2) is 50.1 Å². The topological polar surface area (TPSA) is 50.8 Å². The zero-order chi connectivity index (χ0) is 20.8. The van der Waals surface area contributed by atoms with Crippen LogP contribution in [0, 0.1) is 0 Å². The normalized spacial score (nSPS) is 20.3. The van der Waals surface area contributed by atoms with Crippen LogP contribution in [0.1, 0.15) is 31.2 Å². The van der Waals surface area contributed by atoms with Crippen molar-refractivity contribution in [1.82, 2.24) is 4.90 Å². The van der Waals surface area contributed by atoms with Crippen LogP contribution in [0.4, 0.5) is 5.69 Å². The summed E-state index contributed by atoms with van der Waals surface area (Å²) in [6.45, 7) is 6.43. The van der Waals surface area contributed by atoms with Crippen molar-refractivity contribution in [1.29, 1.82) is 0 Å². The molecule has 5 nitrogen and oxygen atoms in total. The molecule has 0 saturated carbocycles. The molecule has 1 fully saturated rings. The van der Waals surface area contributed by atoms with Gasteiger partial charge in [0.2, 0.25) is 0 Å². The van der Waals surface area contributed by atoms with Crippen LogP contribution in [0.15, 0.2) is 65.9 Å². The van der Waals surface area contributed by atoms with Crippen molar-refractivity contribution in [3.8, 4) is 5.75 Å². The molecule has 4 rings (SSSR count). The first-order valence-corrected chi connectivity index (χ1v) is 10.8. The standard InChI is InChI=1S/C25H30N2O3/c1-2-30-25-11-7-6-10-22(25)26-23-16-20(19-8-4-3-5-9-19)17-24(28)21(23)18-27-12-14-29-15-13-27/h3-11,20,26H,2,12-18H2,1H3. The molecule has 158 valence electrons. The number of ketones is 1. The van der Waals surface area contributed by atoms with Gasteiger partial charge in [-0.1, -0.05) is 42.5 Å². The van der Waals surface area contributed by atoms with Gasteiger partial charge in [0, 0.05) is 37.3 Å². The van der Waals surface area contributed by atoms with Gasteiger partial charge in [-0.2, -0.15) is 0 Å². The van der Waals surface area contributed by atoms with Gasteiger partial charge >= 0.3 is 0 Å². The summed E-state index contributed by atoms with van der Waals surface area (Å²) >= 11 is 0. The Morgan fingerprint density at radius 2 is 1.77 bits per heavy atom. The number of nitrogens with zero attached hydrogens (tertiary/aromatic N) is 1. The summed E-state index contributed by atoms with van der Waals surface area (Å²) in [7, 11) is 0. The predicted molar refractivity (Wildman–Crippen MR) is 119 cm³/mol. The zero-order valence-corrected chi connectivity index (χ0v) is 17.6. The highest BCUT2D eigenvalue weighted by molar-refractivity contribution is 5.98. The highest BCUT2D eigenvalue weighted by Gasteiger charge is 2.30. The molecular weight excluding hydrogens is 376 g/mol. The minimum absolute atomic E-state index is 0.189. The summed E-state index contributed by atoms with van der Waals surface area (Å²) in [5.41, 5.74) is 4.04. The van der Waals surface area contributed by atoms with Gasteiger partial charge in [-0.05, 0) is 37.0 Å². The molecule has 0 radical (unpaired) electrons. The van der Waals surface area contributed by atoms with Crippen molar-refractivity contribution in [3.63, 3.8) is 0 Å². The van der Waals surface area contributed by atoms with Gasteiger partial charge in [-0.15, -0.1) is 0 Å². The van der Waals surface area contributed by atoms with Crippen molar-refractivity contribution in [2.24, 2.45) is 0 Å². The molecule has 0 amide bonds. The number of carbonyl (C=O) groups excluding carboxylic acids is 1. The van der Waals surface area contributed by atoms with E-state index >= 15 is 0 Å².